The van der Waals surface area contributed by atoms with E-state index in [1.165, 1.54) is 0 Å². The molecule has 0 heterocycles. The van der Waals surface area contributed by atoms with E-state index >= 15 is 0 Å². The van der Waals surface area contributed by atoms with Crippen molar-refractivity contribution in [2.75, 3.05) is 7.05 Å². The van der Waals surface area contributed by atoms with Gasteiger partial charge in [0.2, 0.25) is 5.91 Å². The van der Waals surface area contributed by atoms with E-state index in [2.05, 4.69) is 0 Å². The molecule has 0 aromatic carbocycles. The third-order valence-electron chi connectivity index (χ3n) is 3.32. The molecule has 86 valence electrons. The van der Waals surface area contributed by atoms with Gasteiger partial charge in [-0.05, 0) is 31.6 Å². The lowest BCUT2D eigenvalue weighted by Crippen LogP contribution is -2.38. The third kappa shape index (κ3) is 3.53. The number of carbonyl (C=O) groups is 2. The maximum absolute atomic E-state index is 11.1. The minimum atomic E-state index is -0.710. The number of aliphatic carboxylic acids is 1. The molecular formula is C11H19NO3. The van der Waals surface area contributed by atoms with Gasteiger partial charge in [0.15, 0.2) is 0 Å². The van der Waals surface area contributed by atoms with Gasteiger partial charge in [-0.1, -0.05) is 0 Å². The summed E-state index contributed by atoms with van der Waals surface area (Å²) in [5, 5.41) is 8.66. The fourth-order valence-corrected chi connectivity index (χ4v) is 2.24. The van der Waals surface area contributed by atoms with Gasteiger partial charge in [0, 0.05) is 26.4 Å². The molecule has 4 nitrogen and oxygen atoms in total. The molecule has 1 saturated carbocycles. The molecule has 1 rings (SSSR count). The van der Waals surface area contributed by atoms with Crippen LogP contribution < -0.4 is 0 Å². The molecule has 1 aliphatic carbocycles. The molecule has 0 bridgehead atoms. The van der Waals surface area contributed by atoms with Crippen molar-refractivity contribution >= 4 is 11.9 Å². The summed E-state index contributed by atoms with van der Waals surface area (Å²) < 4.78 is 0. The number of hydrogen-bond acceptors (Lipinski definition) is 2. The van der Waals surface area contributed by atoms with E-state index in [0.717, 1.165) is 25.7 Å². The van der Waals surface area contributed by atoms with E-state index in [0.29, 0.717) is 12.0 Å². The highest BCUT2D eigenvalue weighted by Gasteiger charge is 2.26. The molecular weight excluding hydrogens is 194 g/mol. The maximum atomic E-state index is 11.1. The zero-order valence-electron chi connectivity index (χ0n) is 9.40. The fraction of sp³-hybridized carbons (Fsp3) is 0.818. The minimum absolute atomic E-state index is 0.0942. The number of nitrogens with zero attached hydrogens (tertiary/aromatic N) is 1. The maximum Gasteiger partial charge on any atom is 0.303 e. The Morgan fingerprint density at radius 3 is 2.20 bits per heavy atom. The van der Waals surface area contributed by atoms with Crippen LogP contribution in [0, 0.1) is 5.92 Å². The summed E-state index contributed by atoms with van der Waals surface area (Å²) in [6.45, 7) is 1.57. The summed E-state index contributed by atoms with van der Waals surface area (Å²) in [7, 11) is 1.82. The first-order chi connectivity index (χ1) is 7.00. The molecule has 0 atom stereocenters. The van der Waals surface area contributed by atoms with Crippen molar-refractivity contribution in [3.05, 3.63) is 0 Å². The molecule has 15 heavy (non-hydrogen) atoms. The molecule has 1 N–H and O–H groups in total. The average molecular weight is 213 g/mol. The van der Waals surface area contributed by atoms with Crippen molar-refractivity contribution < 1.29 is 14.7 Å². The SMILES string of the molecule is CC(=O)N(C)C1CCC(CC(=O)O)CC1. The third-order valence-corrected chi connectivity index (χ3v) is 3.32. The second-order valence-electron chi connectivity index (χ2n) is 4.40. The Balaban J connectivity index is 2.35. The van der Waals surface area contributed by atoms with E-state index < -0.39 is 5.97 Å². The Labute approximate surface area is 90.3 Å². The highest BCUT2D eigenvalue weighted by Crippen LogP contribution is 2.29. The first-order valence-corrected chi connectivity index (χ1v) is 5.46. The number of hydrogen-bond donors (Lipinski definition) is 1. The molecule has 0 spiro atoms. The molecule has 4 heteroatoms. The van der Waals surface area contributed by atoms with Crippen molar-refractivity contribution in [1.82, 2.24) is 4.90 Å². The van der Waals surface area contributed by atoms with Gasteiger partial charge in [-0.25, -0.2) is 0 Å². The molecule has 0 aromatic rings. The van der Waals surface area contributed by atoms with Gasteiger partial charge in [0.05, 0.1) is 0 Å². The van der Waals surface area contributed by atoms with Crippen molar-refractivity contribution in [2.45, 2.75) is 45.1 Å². The zero-order valence-corrected chi connectivity index (χ0v) is 9.40. The van der Waals surface area contributed by atoms with Crippen LogP contribution in [0.5, 0.6) is 0 Å². The molecule has 1 amide bonds. The van der Waals surface area contributed by atoms with E-state index in [1.807, 2.05) is 7.05 Å². The summed E-state index contributed by atoms with van der Waals surface area (Å²) in [4.78, 5) is 23.4. The predicted octanol–water partition coefficient (Wildman–Crippen LogP) is 1.50. The summed E-state index contributed by atoms with van der Waals surface area (Å²) in [5.41, 5.74) is 0. The van der Waals surface area contributed by atoms with Gasteiger partial charge < -0.3 is 10.0 Å². The molecule has 0 radical (unpaired) electrons. The normalized spacial score (nSPS) is 26.0. The molecule has 0 aliphatic heterocycles. The Kier molecular flexibility index (Phi) is 4.12. The summed E-state index contributed by atoms with van der Waals surface area (Å²) >= 11 is 0. The second kappa shape index (κ2) is 5.14. The quantitative estimate of drug-likeness (QED) is 0.772. The van der Waals surface area contributed by atoms with Crippen LogP contribution in [0.25, 0.3) is 0 Å². The highest BCUT2D eigenvalue weighted by molar-refractivity contribution is 5.73. The van der Waals surface area contributed by atoms with Crippen LogP contribution >= 0.6 is 0 Å². The van der Waals surface area contributed by atoms with E-state index in [4.69, 9.17) is 5.11 Å². The first-order valence-electron chi connectivity index (χ1n) is 5.46. The van der Waals surface area contributed by atoms with E-state index in [-0.39, 0.29) is 12.3 Å². The van der Waals surface area contributed by atoms with Gasteiger partial charge in [0.1, 0.15) is 0 Å². The lowest BCUT2D eigenvalue weighted by atomic mass is 9.83. The van der Waals surface area contributed by atoms with Crippen molar-refractivity contribution in [3.8, 4) is 0 Å². The van der Waals surface area contributed by atoms with Crippen LogP contribution in [0.2, 0.25) is 0 Å². The largest absolute Gasteiger partial charge is 0.481 e. The number of rotatable bonds is 3. The Hall–Kier alpha value is -1.06. The van der Waals surface area contributed by atoms with Gasteiger partial charge in [-0.3, -0.25) is 9.59 Å². The van der Waals surface area contributed by atoms with Crippen molar-refractivity contribution in [2.24, 2.45) is 5.92 Å². The lowest BCUT2D eigenvalue weighted by molar-refractivity contribution is -0.139. The van der Waals surface area contributed by atoms with Crippen LogP contribution in [-0.2, 0) is 9.59 Å². The lowest BCUT2D eigenvalue weighted by Gasteiger charge is -2.33. The topological polar surface area (TPSA) is 57.6 Å². The molecule has 1 fully saturated rings. The number of amides is 1. The Morgan fingerprint density at radius 2 is 1.80 bits per heavy atom. The van der Waals surface area contributed by atoms with Crippen LogP contribution in [-0.4, -0.2) is 35.0 Å². The molecule has 1 aliphatic rings. The van der Waals surface area contributed by atoms with Crippen LogP contribution in [0.1, 0.15) is 39.0 Å². The number of carboxylic acid groups (broad SMARTS) is 1. The fourth-order valence-electron chi connectivity index (χ4n) is 2.24. The van der Waals surface area contributed by atoms with Crippen LogP contribution in [0.4, 0.5) is 0 Å². The standard InChI is InChI=1S/C11H19NO3/c1-8(13)12(2)10-5-3-9(4-6-10)7-11(14)15/h9-10H,3-7H2,1-2H3,(H,14,15). The van der Waals surface area contributed by atoms with Gasteiger partial charge >= 0.3 is 5.97 Å². The summed E-state index contributed by atoms with van der Waals surface area (Å²) in [5.74, 6) is -0.311. The first kappa shape index (κ1) is 12.0. The smallest absolute Gasteiger partial charge is 0.303 e. The predicted molar refractivity (Wildman–Crippen MR) is 56.4 cm³/mol. The average Bonchev–Trinajstić information content (AvgIpc) is 2.17. The number of carboxylic acids is 1. The minimum Gasteiger partial charge on any atom is -0.481 e. The monoisotopic (exact) mass is 213 g/mol. The summed E-state index contributed by atoms with van der Waals surface area (Å²) in [6, 6.07) is 0.313. The van der Waals surface area contributed by atoms with Crippen LogP contribution in [0.15, 0.2) is 0 Å². The summed E-state index contributed by atoms with van der Waals surface area (Å²) in [6.07, 6.45) is 4.00. The highest BCUT2D eigenvalue weighted by atomic mass is 16.4. The van der Waals surface area contributed by atoms with E-state index in [1.54, 1.807) is 11.8 Å². The zero-order chi connectivity index (χ0) is 11.4. The van der Waals surface area contributed by atoms with Gasteiger partial charge in [-0.2, -0.15) is 0 Å². The van der Waals surface area contributed by atoms with Gasteiger partial charge in [0.25, 0.3) is 0 Å². The Bertz CT molecular complexity index is 244. The second-order valence-corrected chi connectivity index (χ2v) is 4.40. The van der Waals surface area contributed by atoms with Crippen molar-refractivity contribution in [3.63, 3.8) is 0 Å². The molecule has 0 saturated heterocycles. The van der Waals surface area contributed by atoms with E-state index in [9.17, 15) is 9.59 Å². The Morgan fingerprint density at radius 1 is 1.27 bits per heavy atom. The molecule has 0 aromatic heterocycles. The molecule has 0 unspecified atom stereocenters. The van der Waals surface area contributed by atoms with Crippen LogP contribution in [0.3, 0.4) is 0 Å². The van der Waals surface area contributed by atoms with Gasteiger partial charge in [-0.15, -0.1) is 0 Å². The van der Waals surface area contributed by atoms with Crippen molar-refractivity contribution in [1.29, 1.82) is 0 Å². The number of carbonyl (C=O) groups excluding carboxylic acids is 1.